The molecule has 0 aliphatic heterocycles. The maximum absolute atomic E-state index is 5.99. The van der Waals surface area contributed by atoms with E-state index in [0.717, 1.165) is 24.3 Å². The highest BCUT2D eigenvalue weighted by Crippen LogP contribution is 2.43. The van der Waals surface area contributed by atoms with Crippen LogP contribution in [0.3, 0.4) is 0 Å². The van der Waals surface area contributed by atoms with Gasteiger partial charge in [-0.2, -0.15) is 0 Å². The summed E-state index contributed by atoms with van der Waals surface area (Å²) in [6, 6.07) is 6.67. The van der Waals surface area contributed by atoms with Crippen LogP contribution in [0, 0.1) is 0 Å². The second-order valence-electron chi connectivity index (χ2n) is 5.48. The number of aryl methyl sites for hydroxylation is 2. The molecule has 3 heteroatoms. The van der Waals surface area contributed by atoms with E-state index in [1.54, 1.807) is 0 Å². The fourth-order valence-corrected chi connectivity index (χ4v) is 3.10. The maximum Gasteiger partial charge on any atom is 0.109 e. The molecule has 0 spiro atoms. The highest BCUT2D eigenvalue weighted by molar-refractivity contribution is 5.77. The third kappa shape index (κ3) is 1.50. The average molecular weight is 243 g/mol. The number of nitrogens with two attached hydrogens (primary N) is 1. The van der Waals surface area contributed by atoms with Crippen molar-refractivity contribution in [3.63, 3.8) is 0 Å². The molecule has 0 radical (unpaired) electrons. The van der Waals surface area contributed by atoms with E-state index in [0.29, 0.717) is 0 Å². The predicted octanol–water partition coefficient (Wildman–Crippen LogP) is 2.52. The molecule has 1 aliphatic rings. The molecule has 0 bridgehead atoms. The lowest BCUT2D eigenvalue weighted by atomic mass is 9.64. The number of hydrogen-bond donors (Lipinski definition) is 1. The highest BCUT2D eigenvalue weighted by Gasteiger charge is 2.37. The summed E-state index contributed by atoms with van der Waals surface area (Å²) in [6.45, 7) is 2.91. The van der Waals surface area contributed by atoms with Gasteiger partial charge in [0.25, 0.3) is 0 Å². The molecule has 0 unspecified atom stereocenters. The molecule has 3 nitrogen and oxygen atoms in total. The lowest BCUT2D eigenvalue weighted by Crippen LogP contribution is -2.41. The lowest BCUT2D eigenvalue weighted by Gasteiger charge is -2.41. The minimum atomic E-state index is 0.241. The zero-order chi connectivity index (χ0) is 12.8. The number of rotatable bonds is 3. The Labute approximate surface area is 108 Å². The summed E-state index contributed by atoms with van der Waals surface area (Å²) in [5, 5.41) is 0. The van der Waals surface area contributed by atoms with E-state index in [1.165, 1.54) is 30.3 Å². The summed E-state index contributed by atoms with van der Waals surface area (Å²) in [5.74, 6) is 1.15. The molecule has 1 heterocycles. The van der Waals surface area contributed by atoms with Crippen molar-refractivity contribution in [2.75, 3.05) is 6.54 Å². The molecule has 1 saturated carbocycles. The van der Waals surface area contributed by atoms with Crippen molar-refractivity contribution in [1.82, 2.24) is 9.55 Å². The zero-order valence-corrected chi connectivity index (χ0v) is 11.2. The molecular formula is C15H21N3. The zero-order valence-electron chi connectivity index (χ0n) is 11.2. The fraction of sp³-hybridized carbons (Fsp3) is 0.533. The van der Waals surface area contributed by atoms with Crippen molar-refractivity contribution in [2.24, 2.45) is 12.8 Å². The van der Waals surface area contributed by atoms with Crippen LogP contribution in [0.1, 0.15) is 37.6 Å². The minimum Gasteiger partial charge on any atom is -0.331 e. The molecule has 0 atom stereocenters. The van der Waals surface area contributed by atoms with E-state index in [9.17, 15) is 0 Å². The average Bonchev–Trinajstić information content (AvgIpc) is 2.66. The number of fused-ring (bicyclic) bond motifs is 1. The molecule has 96 valence electrons. The van der Waals surface area contributed by atoms with Crippen LogP contribution in [0.2, 0.25) is 0 Å². The molecule has 0 amide bonds. The fourth-order valence-electron chi connectivity index (χ4n) is 3.10. The van der Waals surface area contributed by atoms with Crippen molar-refractivity contribution in [3.05, 3.63) is 29.6 Å². The highest BCUT2D eigenvalue weighted by atomic mass is 15.1. The monoisotopic (exact) mass is 243 g/mol. The van der Waals surface area contributed by atoms with E-state index in [2.05, 4.69) is 41.7 Å². The summed E-state index contributed by atoms with van der Waals surface area (Å²) in [4.78, 5) is 4.66. The Morgan fingerprint density at radius 2 is 2.17 bits per heavy atom. The van der Waals surface area contributed by atoms with Crippen LogP contribution in [0.15, 0.2) is 18.2 Å². The summed E-state index contributed by atoms with van der Waals surface area (Å²) in [5.41, 5.74) is 9.97. The Bertz CT molecular complexity index is 573. The Morgan fingerprint density at radius 1 is 1.39 bits per heavy atom. The molecule has 1 aliphatic carbocycles. The number of aromatic nitrogens is 2. The SMILES string of the molecule is CCc1nc2ccc(C3(CN)CCC3)cc2n1C. The molecular weight excluding hydrogens is 222 g/mol. The van der Waals surface area contributed by atoms with Gasteiger partial charge in [-0.1, -0.05) is 19.4 Å². The van der Waals surface area contributed by atoms with Crippen LogP contribution in [0.4, 0.5) is 0 Å². The first-order chi connectivity index (χ1) is 8.70. The second kappa shape index (κ2) is 4.09. The third-order valence-corrected chi connectivity index (χ3v) is 4.60. The van der Waals surface area contributed by atoms with Gasteiger partial charge in [0.1, 0.15) is 5.82 Å². The van der Waals surface area contributed by atoms with E-state index >= 15 is 0 Å². The topological polar surface area (TPSA) is 43.8 Å². The van der Waals surface area contributed by atoms with Gasteiger partial charge in [0.15, 0.2) is 0 Å². The van der Waals surface area contributed by atoms with E-state index < -0.39 is 0 Å². The van der Waals surface area contributed by atoms with Gasteiger partial charge < -0.3 is 10.3 Å². The van der Waals surface area contributed by atoms with Gasteiger partial charge in [0, 0.05) is 25.4 Å². The van der Waals surface area contributed by atoms with E-state index in [4.69, 9.17) is 5.73 Å². The molecule has 1 aromatic heterocycles. The van der Waals surface area contributed by atoms with Crippen molar-refractivity contribution >= 4 is 11.0 Å². The number of nitrogens with zero attached hydrogens (tertiary/aromatic N) is 2. The normalized spacial score (nSPS) is 17.9. The van der Waals surface area contributed by atoms with Crippen LogP contribution in [0.5, 0.6) is 0 Å². The molecule has 1 aromatic carbocycles. The van der Waals surface area contributed by atoms with Crippen LogP contribution in [-0.2, 0) is 18.9 Å². The van der Waals surface area contributed by atoms with Crippen LogP contribution >= 0.6 is 0 Å². The van der Waals surface area contributed by atoms with Gasteiger partial charge in [-0.25, -0.2) is 4.98 Å². The Kier molecular flexibility index (Phi) is 2.67. The van der Waals surface area contributed by atoms with Gasteiger partial charge in [-0.05, 0) is 30.5 Å². The first-order valence-corrected chi connectivity index (χ1v) is 6.86. The summed E-state index contributed by atoms with van der Waals surface area (Å²) >= 11 is 0. The molecule has 0 saturated heterocycles. The van der Waals surface area contributed by atoms with E-state index in [-0.39, 0.29) is 5.41 Å². The molecule has 2 N–H and O–H groups in total. The first-order valence-electron chi connectivity index (χ1n) is 6.86. The Morgan fingerprint density at radius 3 is 2.72 bits per heavy atom. The van der Waals surface area contributed by atoms with Crippen LogP contribution in [0.25, 0.3) is 11.0 Å². The summed E-state index contributed by atoms with van der Waals surface area (Å²) in [7, 11) is 2.10. The van der Waals surface area contributed by atoms with Gasteiger partial charge in [0.05, 0.1) is 11.0 Å². The quantitative estimate of drug-likeness (QED) is 0.900. The van der Waals surface area contributed by atoms with Gasteiger partial charge in [-0.15, -0.1) is 0 Å². The largest absolute Gasteiger partial charge is 0.331 e. The lowest BCUT2D eigenvalue weighted by molar-refractivity contribution is 0.253. The third-order valence-electron chi connectivity index (χ3n) is 4.60. The summed E-state index contributed by atoms with van der Waals surface area (Å²) in [6.07, 6.45) is 4.74. The second-order valence-corrected chi connectivity index (χ2v) is 5.48. The van der Waals surface area contributed by atoms with Gasteiger partial charge in [-0.3, -0.25) is 0 Å². The maximum atomic E-state index is 5.99. The van der Waals surface area contributed by atoms with Gasteiger partial charge >= 0.3 is 0 Å². The Balaban J connectivity index is 2.13. The number of benzene rings is 1. The smallest absolute Gasteiger partial charge is 0.109 e. The Hall–Kier alpha value is -1.35. The van der Waals surface area contributed by atoms with Crippen molar-refractivity contribution < 1.29 is 0 Å². The van der Waals surface area contributed by atoms with Crippen molar-refractivity contribution in [2.45, 2.75) is 38.0 Å². The first kappa shape index (κ1) is 11.7. The standard InChI is InChI=1S/C15H21N3/c1-3-14-17-12-6-5-11(9-13(12)18(14)2)15(10-16)7-4-8-15/h5-6,9H,3-4,7-8,10,16H2,1-2H3. The number of imidazole rings is 1. The molecule has 2 aromatic rings. The predicted molar refractivity (Wildman–Crippen MR) is 74.7 cm³/mol. The number of hydrogen-bond acceptors (Lipinski definition) is 2. The summed E-state index contributed by atoms with van der Waals surface area (Å²) < 4.78 is 2.21. The van der Waals surface area contributed by atoms with Crippen molar-refractivity contribution in [3.8, 4) is 0 Å². The molecule has 18 heavy (non-hydrogen) atoms. The molecule has 1 fully saturated rings. The van der Waals surface area contributed by atoms with Crippen molar-refractivity contribution in [1.29, 1.82) is 0 Å². The van der Waals surface area contributed by atoms with Crippen LogP contribution in [-0.4, -0.2) is 16.1 Å². The van der Waals surface area contributed by atoms with Crippen LogP contribution < -0.4 is 5.73 Å². The van der Waals surface area contributed by atoms with E-state index in [1.807, 2.05) is 0 Å². The van der Waals surface area contributed by atoms with Gasteiger partial charge in [0.2, 0.25) is 0 Å². The minimum absolute atomic E-state index is 0.241. The molecule has 3 rings (SSSR count).